The quantitative estimate of drug-likeness (QED) is 0.127. The normalized spacial score (nSPS) is 19.5. The highest BCUT2D eigenvalue weighted by Gasteiger charge is 2.39. The van der Waals surface area contributed by atoms with Gasteiger partial charge >= 0.3 is 6.09 Å². The van der Waals surface area contributed by atoms with Gasteiger partial charge in [0, 0.05) is 49.6 Å². The number of aromatic amines is 2. The van der Waals surface area contributed by atoms with E-state index in [1.54, 1.807) is 34.1 Å². The Bertz CT molecular complexity index is 2270. The fourth-order valence-electron chi connectivity index (χ4n) is 9.18. The van der Waals surface area contributed by atoms with Crippen LogP contribution in [0.3, 0.4) is 0 Å². The molecule has 4 atom stereocenters. The summed E-state index contributed by atoms with van der Waals surface area (Å²) < 4.78 is 36.6. The third-order valence-corrected chi connectivity index (χ3v) is 12.2. The van der Waals surface area contributed by atoms with E-state index in [4.69, 9.17) is 9.72 Å². The van der Waals surface area contributed by atoms with Gasteiger partial charge in [-0.3, -0.25) is 14.5 Å². The van der Waals surface area contributed by atoms with Crippen molar-refractivity contribution < 1.29 is 27.9 Å². The van der Waals surface area contributed by atoms with E-state index in [1.165, 1.54) is 25.4 Å². The lowest BCUT2D eigenvalue weighted by atomic mass is 9.93. The summed E-state index contributed by atoms with van der Waals surface area (Å²) in [6.45, 7) is 2.03. The van der Waals surface area contributed by atoms with Crippen molar-refractivity contribution in [1.29, 1.82) is 0 Å². The van der Waals surface area contributed by atoms with Crippen LogP contribution in [0, 0.1) is 11.6 Å². The number of likely N-dealkylation sites (N-methyl/N-ethyl adjacent to an activating group) is 1. The predicted octanol–water partition coefficient (Wildman–Crippen LogP) is 7.19. The molecule has 3 N–H and O–H groups in total. The molecule has 8 rings (SSSR count). The van der Waals surface area contributed by atoms with E-state index in [-0.39, 0.29) is 29.5 Å². The second kappa shape index (κ2) is 17.6. The molecular formula is C45H51F2N9O4. The minimum atomic E-state index is -0.965. The number of carbonyl (C=O) groups excluding carboxylic acids is 3. The van der Waals surface area contributed by atoms with Crippen LogP contribution in [0.5, 0.6) is 0 Å². The zero-order chi connectivity index (χ0) is 41.9. The molecule has 0 radical (unpaired) electrons. The van der Waals surface area contributed by atoms with Crippen LogP contribution in [0.25, 0.3) is 11.3 Å². The summed E-state index contributed by atoms with van der Waals surface area (Å²) in [5, 5.41) is 2.66. The molecule has 13 nitrogen and oxygen atoms in total. The number of amides is 3. The second-order valence-electron chi connectivity index (χ2n) is 16.1. The molecule has 15 heteroatoms. The maximum absolute atomic E-state index is 15.9. The summed E-state index contributed by atoms with van der Waals surface area (Å²) in [6.07, 6.45) is 7.06. The number of nitrogens with zero attached hydrogens (tertiary/aromatic N) is 6. The maximum Gasteiger partial charge on any atom is 0.407 e. The number of methoxy groups -OCH3 is 1. The summed E-state index contributed by atoms with van der Waals surface area (Å²) >= 11 is 0. The average Bonchev–Trinajstić information content (AvgIpc) is 4.10. The van der Waals surface area contributed by atoms with Crippen molar-refractivity contribution in [1.82, 2.24) is 40.0 Å². The molecule has 3 fully saturated rings. The largest absolute Gasteiger partial charge is 0.453 e. The SMILES string of the molecule is COC(=O)N[C@@H](C(=O)N1CCC[C@H]1c1ncc(-c2cc(F)c(N3CCC(c4cnc([C@@H]5CCCN5C(=O)[C@@H](c5ccccc5)N(C)C)[nH]4)CC3)c(F)c2)[nH]1)c1ccccc1. The molecule has 314 valence electrons. The number of ether oxygens (including phenoxy) is 1. The molecule has 3 aliphatic heterocycles. The number of aromatic nitrogens is 4. The number of rotatable bonds is 11. The summed E-state index contributed by atoms with van der Waals surface area (Å²) in [4.78, 5) is 63.4. The van der Waals surface area contributed by atoms with Crippen LogP contribution in [0.2, 0.25) is 0 Å². The van der Waals surface area contributed by atoms with Gasteiger partial charge in [0.1, 0.15) is 41.1 Å². The molecule has 0 bridgehead atoms. The Morgan fingerprint density at radius 1 is 0.767 bits per heavy atom. The predicted molar refractivity (Wildman–Crippen MR) is 222 cm³/mol. The van der Waals surface area contributed by atoms with Gasteiger partial charge in [-0.25, -0.2) is 23.5 Å². The van der Waals surface area contributed by atoms with Gasteiger partial charge in [-0.2, -0.15) is 0 Å². The standard InChI is InChI=1S/C45H51F2N9O4/c1-53(2)39(30-14-8-5-9-15-30)44(58)56-21-11-17-37(56)42-48-26-34(50-42)28-18-22-54(23-19-28)40-32(46)24-31(25-33(40)47)35-27-49-41(51-35)36-16-10-20-55(36)43(57)38(52-45(59)60-3)29-12-6-4-7-13-29/h4-9,12-15,24-28,36-39H,10-11,16-23H2,1-3H3,(H,48,50)(H,49,51)(H,52,59)/t36-,37-,38+,39+/m0/s1. The highest BCUT2D eigenvalue weighted by molar-refractivity contribution is 5.87. The van der Waals surface area contributed by atoms with E-state index in [2.05, 4.69) is 20.3 Å². The van der Waals surface area contributed by atoms with Crippen molar-refractivity contribution >= 4 is 23.6 Å². The average molecular weight is 820 g/mol. The number of hydrogen-bond acceptors (Lipinski definition) is 8. The first kappa shape index (κ1) is 40.7. The van der Waals surface area contributed by atoms with Crippen molar-refractivity contribution in [3.8, 4) is 11.3 Å². The first-order chi connectivity index (χ1) is 29.1. The van der Waals surface area contributed by atoms with Crippen LogP contribution in [0.15, 0.2) is 85.2 Å². The van der Waals surface area contributed by atoms with Gasteiger partial charge in [0.2, 0.25) is 5.91 Å². The Balaban J connectivity index is 0.915. The highest BCUT2D eigenvalue weighted by atomic mass is 19.1. The van der Waals surface area contributed by atoms with Crippen molar-refractivity contribution in [3.05, 3.63) is 125 Å². The molecule has 3 aliphatic rings. The van der Waals surface area contributed by atoms with Gasteiger partial charge < -0.3 is 34.7 Å². The van der Waals surface area contributed by atoms with Crippen LogP contribution in [-0.4, -0.2) is 99.9 Å². The van der Waals surface area contributed by atoms with Crippen LogP contribution in [-0.2, 0) is 14.3 Å². The summed E-state index contributed by atoms with van der Waals surface area (Å²) in [6, 6.07) is 19.5. The number of piperidine rings is 1. The van der Waals surface area contributed by atoms with Gasteiger partial charge in [-0.1, -0.05) is 60.7 Å². The lowest BCUT2D eigenvalue weighted by molar-refractivity contribution is -0.137. The summed E-state index contributed by atoms with van der Waals surface area (Å²) in [7, 11) is 5.09. The zero-order valence-electron chi connectivity index (χ0n) is 34.1. The minimum absolute atomic E-state index is 0.0546. The molecule has 0 aliphatic carbocycles. The fourth-order valence-corrected chi connectivity index (χ4v) is 9.18. The van der Waals surface area contributed by atoms with E-state index in [1.807, 2.05) is 66.5 Å². The number of likely N-dealkylation sites (tertiary alicyclic amines) is 2. The number of H-pyrrole nitrogens is 2. The van der Waals surface area contributed by atoms with Crippen LogP contribution < -0.4 is 10.2 Å². The van der Waals surface area contributed by atoms with E-state index < -0.39 is 35.9 Å². The molecule has 0 unspecified atom stereocenters. The summed E-state index contributed by atoms with van der Waals surface area (Å²) in [5.74, 6) is -0.197. The molecule has 0 saturated carbocycles. The van der Waals surface area contributed by atoms with E-state index in [9.17, 15) is 14.4 Å². The Morgan fingerprint density at radius 2 is 1.33 bits per heavy atom. The van der Waals surface area contributed by atoms with Gasteiger partial charge in [0.25, 0.3) is 5.91 Å². The number of carbonyl (C=O) groups is 3. The first-order valence-electron chi connectivity index (χ1n) is 20.7. The molecular weight excluding hydrogens is 769 g/mol. The lowest BCUT2D eigenvalue weighted by Gasteiger charge is -2.33. The smallest absolute Gasteiger partial charge is 0.407 e. The number of nitrogens with one attached hydrogen (secondary N) is 3. The molecule has 0 spiro atoms. The van der Waals surface area contributed by atoms with Crippen molar-refractivity contribution in [2.75, 3.05) is 52.3 Å². The molecule has 60 heavy (non-hydrogen) atoms. The molecule has 3 aromatic carbocycles. The fraction of sp³-hybridized carbons (Fsp3) is 0.400. The Morgan fingerprint density at radius 3 is 1.93 bits per heavy atom. The number of anilines is 1. The van der Waals surface area contributed by atoms with Gasteiger partial charge in [-0.05, 0) is 75.9 Å². The van der Waals surface area contributed by atoms with Crippen LogP contribution in [0.1, 0.15) is 97.1 Å². The first-order valence-corrected chi connectivity index (χ1v) is 20.7. The number of halogens is 2. The van der Waals surface area contributed by atoms with Gasteiger partial charge in [0.15, 0.2) is 0 Å². The summed E-state index contributed by atoms with van der Waals surface area (Å²) in [5.41, 5.74) is 3.21. The number of benzene rings is 3. The van der Waals surface area contributed by atoms with Crippen molar-refractivity contribution in [3.63, 3.8) is 0 Å². The number of imidazole rings is 2. The maximum atomic E-state index is 15.9. The molecule has 5 aromatic rings. The van der Waals surface area contributed by atoms with Gasteiger partial charge in [-0.15, -0.1) is 0 Å². The minimum Gasteiger partial charge on any atom is -0.453 e. The second-order valence-corrected chi connectivity index (χ2v) is 16.1. The topological polar surface area (TPSA) is 143 Å². The lowest BCUT2D eigenvalue weighted by Crippen LogP contribution is -2.42. The van der Waals surface area contributed by atoms with E-state index >= 15 is 8.78 Å². The van der Waals surface area contributed by atoms with E-state index in [0.29, 0.717) is 68.1 Å². The third-order valence-electron chi connectivity index (χ3n) is 12.2. The monoisotopic (exact) mass is 819 g/mol. The zero-order valence-corrected chi connectivity index (χ0v) is 34.1. The van der Waals surface area contributed by atoms with Crippen LogP contribution in [0.4, 0.5) is 19.3 Å². The molecule has 3 amide bonds. The molecule has 3 saturated heterocycles. The number of hydrogen-bond donors (Lipinski definition) is 3. The Kier molecular flexibility index (Phi) is 12.0. The highest BCUT2D eigenvalue weighted by Crippen LogP contribution is 2.39. The Hall–Kier alpha value is -6.09. The van der Waals surface area contributed by atoms with Crippen molar-refractivity contribution in [2.24, 2.45) is 0 Å². The number of alkyl carbamates (subject to hydrolysis) is 1. The van der Waals surface area contributed by atoms with E-state index in [0.717, 1.165) is 36.3 Å². The van der Waals surface area contributed by atoms with Crippen molar-refractivity contribution in [2.45, 2.75) is 68.6 Å². The molecule has 5 heterocycles. The third kappa shape index (κ3) is 8.22. The van der Waals surface area contributed by atoms with Gasteiger partial charge in [0.05, 0.1) is 31.1 Å². The Labute approximate surface area is 348 Å². The van der Waals surface area contributed by atoms with Crippen LogP contribution >= 0.6 is 0 Å². The molecule has 2 aromatic heterocycles.